The molecule has 0 unspecified atom stereocenters. The average molecular weight is 248 g/mol. The summed E-state index contributed by atoms with van der Waals surface area (Å²) >= 11 is 0. The Morgan fingerprint density at radius 3 is 2.89 bits per heavy atom. The summed E-state index contributed by atoms with van der Waals surface area (Å²) in [5.74, 6) is 0.150. The van der Waals surface area contributed by atoms with E-state index in [4.69, 9.17) is 5.73 Å². The van der Waals surface area contributed by atoms with Crippen molar-refractivity contribution in [3.63, 3.8) is 0 Å². The highest BCUT2D eigenvalue weighted by Gasteiger charge is 2.11. The minimum absolute atomic E-state index is 0.188. The van der Waals surface area contributed by atoms with E-state index >= 15 is 0 Å². The summed E-state index contributed by atoms with van der Waals surface area (Å²) in [7, 11) is 1.68. The molecule has 2 aromatic rings. The van der Waals surface area contributed by atoms with Gasteiger partial charge in [0.05, 0.1) is 6.54 Å². The molecule has 1 amide bonds. The lowest BCUT2D eigenvalue weighted by atomic mass is 10.4. The molecule has 0 fully saturated rings. The van der Waals surface area contributed by atoms with Crippen molar-refractivity contribution in [1.29, 1.82) is 0 Å². The molecule has 2 rings (SSSR count). The van der Waals surface area contributed by atoms with Crippen LogP contribution >= 0.6 is 0 Å². The van der Waals surface area contributed by atoms with Gasteiger partial charge in [0.25, 0.3) is 5.91 Å². The van der Waals surface area contributed by atoms with Crippen molar-refractivity contribution >= 4 is 11.7 Å². The molecule has 0 aliphatic heterocycles. The summed E-state index contributed by atoms with van der Waals surface area (Å²) in [5, 5.41) is 10.9. The molecule has 7 heteroatoms. The van der Waals surface area contributed by atoms with E-state index in [1.807, 2.05) is 17.7 Å². The van der Waals surface area contributed by atoms with Gasteiger partial charge in [-0.1, -0.05) is 0 Å². The van der Waals surface area contributed by atoms with Crippen LogP contribution in [0.15, 0.2) is 18.3 Å². The molecule has 0 bridgehead atoms. The molecule has 0 aliphatic carbocycles. The van der Waals surface area contributed by atoms with E-state index in [0.29, 0.717) is 24.6 Å². The molecule has 0 spiro atoms. The van der Waals surface area contributed by atoms with Crippen LogP contribution in [-0.2, 0) is 13.6 Å². The Hall–Kier alpha value is -2.31. The number of amides is 1. The second kappa shape index (κ2) is 4.91. The van der Waals surface area contributed by atoms with Crippen LogP contribution in [-0.4, -0.2) is 32.0 Å². The number of nitrogen functional groups attached to an aromatic ring is 1. The predicted molar refractivity (Wildman–Crippen MR) is 66.9 cm³/mol. The fourth-order valence-electron chi connectivity index (χ4n) is 1.70. The third-order valence-corrected chi connectivity index (χ3v) is 2.67. The van der Waals surface area contributed by atoms with E-state index in [9.17, 15) is 4.79 Å². The number of nitrogens with one attached hydrogen (secondary N) is 1. The molecule has 0 aromatic carbocycles. The third-order valence-electron chi connectivity index (χ3n) is 2.67. The zero-order chi connectivity index (χ0) is 13.1. The second-order valence-electron chi connectivity index (χ2n) is 4.03. The highest BCUT2D eigenvalue weighted by Crippen LogP contribution is 2.03. The summed E-state index contributed by atoms with van der Waals surface area (Å²) in [5.41, 5.74) is 7.03. The summed E-state index contributed by atoms with van der Waals surface area (Å²) in [4.78, 5) is 11.8. The fourth-order valence-corrected chi connectivity index (χ4v) is 1.70. The van der Waals surface area contributed by atoms with Gasteiger partial charge in [0.1, 0.15) is 11.5 Å². The number of aryl methyl sites for hydroxylation is 2. The quantitative estimate of drug-likeness (QED) is 0.793. The number of nitrogens with zero attached hydrogens (tertiary/aromatic N) is 4. The van der Waals surface area contributed by atoms with Gasteiger partial charge >= 0.3 is 0 Å². The summed E-state index contributed by atoms with van der Waals surface area (Å²) < 4.78 is 3.29. The molecular formula is C11H16N6O. The first kappa shape index (κ1) is 12.2. The highest BCUT2D eigenvalue weighted by atomic mass is 16.2. The van der Waals surface area contributed by atoms with Crippen LogP contribution in [0.3, 0.4) is 0 Å². The van der Waals surface area contributed by atoms with Gasteiger partial charge in [-0.05, 0) is 13.0 Å². The first-order chi connectivity index (χ1) is 8.58. The summed E-state index contributed by atoms with van der Waals surface area (Å²) in [6, 6.07) is 3.47. The van der Waals surface area contributed by atoms with Crippen LogP contribution in [0.5, 0.6) is 0 Å². The van der Waals surface area contributed by atoms with Crippen LogP contribution in [0.1, 0.15) is 16.2 Å². The number of carbonyl (C=O) groups is 1. The van der Waals surface area contributed by atoms with Gasteiger partial charge in [0, 0.05) is 31.5 Å². The van der Waals surface area contributed by atoms with E-state index in [1.165, 1.54) is 4.68 Å². The van der Waals surface area contributed by atoms with Crippen LogP contribution in [0.2, 0.25) is 0 Å². The maximum Gasteiger partial charge on any atom is 0.269 e. The average Bonchev–Trinajstić information content (AvgIpc) is 2.85. The zero-order valence-corrected chi connectivity index (χ0v) is 10.4. The molecule has 3 N–H and O–H groups in total. The topological polar surface area (TPSA) is 90.8 Å². The number of carbonyl (C=O) groups excluding carboxylic acids is 1. The number of nitrogens with two attached hydrogens (primary N) is 1. The Morgan fingerprint density at radius 1 is 1.56 bits per heavy atom. The van der Waals surface area contributed by atoms with E-state index in [1.54, 1.807) is 19.3 Å². The molecule has 0 saturated carbocycles. The highest BCUT2D eigenvalue weighted by molar-refractivity contribution is 5.93. The van der Waals surface area contributed by atoms with Crippen LogP contribution in [0.4, 0.5) is 5.82 Å². The molecule has 18 heavy (non-hydrogen) atoms. The molecule has 0 atom stereocenters. The number of aromatic nitrogens is 4. The van der Waals surface area contributed by atoms with E-state index in [-0.39, 0.29) is 5.91 Å². The van der Waals surface area contributed by atoms with Crippen molar-refractivity contribution in [3.05, 3.63) is 29.7 Å². The first-order valence-electron chi connectivity index (χ1n) is 5.64. The second-order valence-corrected chi connectivity index (χ2v) is 4.03. The molecule has 0 radical (unpaired) electrons. The molecule has 7 nitrogen and oxygen atoms in total. The van der Waals surface area contributed by atoms with Crippen molar-refractivity contribution < 1.29 is 4.79 Å². The summed E-state index contributed by atoms with van der Waals surface area (Å²) in [6.07, 6.45) is 1.74. The van der Waals surface area contributed by atoms with Gasteiger partial charge < -0.3 is 11.1 Å². The van der Waals surface area contributed by atoms with Crippen LogP contribution in [0, 0.1) is 6.92 Å². The molecule has 2 heterocycles. The van der Waals surface area contributed by atoms with E-state index in [0.717, 1.165) is 5.69 Å². The molecule has 0 aliphatic rings. The van der Waals surface area contributed by atoms with Gasteiger partial charge in [-0.3, -0.25) is 14.2 Å². The SMILES string of the molecule is Cc1ccnn1CCNC(=O)c1cc(N)nn1C. The zero-order valence-electron chi connectivity index (χ0n) is 10.4. The van der Waals surface area contributed by atoms with Crippen molar-refractivity contribution in [3.8, 4) is 0 Å². The molecule has 2 aromatic heterocycles. The van der Waals surface area contributed by atoms with Gasteiger partial charge in [0.15, 0.2) is 0 Å². The van der Waals surface area contributed by atoms with Gasteiger partial charge in [-0.25, -0.2) is 0 Å². The van der Waals surface area contributed by atoms with Gasteiger partial charge in [0.2, 0.25) is 0 Å². The van der Waals surface area contributed by atoms with Crippen molar-refractivity contribution in [2.75, 3.05) is 12.3 Å². The lowest BCUT2D eigenvalue weighted by Gasteiger charge is -2.06. The minimum atomic E-state index is -0.188. The first-order valence-corrected chi connectivity index (χ1v) is 5.64. The van der Waals surface area contributed by atoms with Crippen LogP contribution < -0.4 is 11.1 Å². The maximum absolute atomic E-state index is 11.8. The Balaban J connectivity index is 1.89. The van der Waals surface area contributed by atoms with Crippen molar-refractivity contribution in [1.82, 2.24) is 24.9 Å². The Labute approximate surface area is 105 Å². The fraction of sp³-hybridized carbons (Fsp3) is 0.364. The van der Waals surface area contributed by atoms with Gasteiger partial charge in [-0.2, -0.15) is 10.2 Å². The monoisotopic (exact) mass is 248 g/mol. The lowest BCUT2D eigenvalue weighted by molar-refractivity contribution is 0.0942. The Morgan fingerprint density at radius 2 is 2.33 bits per heavy atom. The van der Waals surface area contributed by atoms with Crippen LogP contribution in [0.25, 0.3) is 0 Å². The standard InChI is InChI=1S/C11H16N6O/c1-8-3-4-14-17(8)6-5-13-11(18)9-7-10(12)15-16(9)2/h3-4,7H,5-6H2,1-2H3,(H2,12,15)(H,13,18). The largest absolute Gasteiger partial charge is 0.382 e. The van der Waals surface area contributed by atoms with Crippen molar-refractivity contribution in [2.24, 2.45) is 7.05 Å². The smallest absolute Gasteiger partial charge is 0.269 e. The lowest BCUT2D eigenvalue weighted by Crippen LogP contribution is -2.29. The third kappa shape index (κ3) is 2.50. The Kier molecular flexibility index (Phi) is 3.31. The normalized spacial score (nSPS) is 10.6. The Bertz CT molecular complexity index is 556. The number of hydrogen-bond donors (Lipinski definition) is 2. The minimum Gasteiger partial charge on any atom is -0.382 e. The van der Waals surface area contributed by atoms with Crippen molar-refractivity contribution in [2.45, 2.75) is 13.5 Å². The van der Waals surface area contributed by atoms with E-state index < -0.39 is 0 Å². The molecule has 96 valence electrons. The summed E-state index contributed by atoms with van der Waals surface area (Å²) in [6.45, 7) is 3.11. The number of rotatable bonds is 4. The number of hydrogen-bond acceptors (Lipinski definition) is 4. The molecule has 0 saturated heterocycles. The molecular weight excluding hydrogens is 232 g/mol. The van der Waals surface area contributed by atoms with Gasteiger partial charge in [-0.15, -0.1) is 0 Å². The predicted octanol–water partition coefficient (Wildman–Crippen LogP) is -0.0628. The maximum atomic E-state index is 11.8. The van der Waals surface area contributed by atoms with E-state index in [2.05, 4.69) is 15.5 Å². The number of anilines is 1.